The van der Waals surface area contributed by atoms with E-state index >= 15 is 0 Å². The molecule has 0 atom stereocenters. The summed E-state index contributed by atoms with van der Waals surface area (Å²) < 4.78 is 0. The number of nitrogens with two attached hydrogens (primary N) is 1. The maximum absolute atomic E-state index is 12.6. The summed E-state index contributed by atoms with van der Waals surface area (Å²) in [6.45, 7) is 2.07. The molecule has 0 saturated heterocycles. The van der Waals surface area contributed by atoms with Gasteiger partial charge in [0.15, 0.2) is 10.2 Å². The van der Waals surface area contributed by atoms with Gasteiger partial charge in [-0.15, -0.1) is 0 Å². The number of nitro groups is 1. The fourth-order valence-electron chi connectivity index (χ4n) is 3.08. The van der Waals surface area contributed by atoms with Gasteiger partial charge in [0.05, 0.1) is 0 Å². The summed E-state index contributed by atoms with van der Waals surface area (Å²) >= 11 is 2.22. The number of ketones is 1. The standard InChI is InChI=1S/C28H20N2O5S2/c1-18(31)36-24-11-5-20(6-12-24)3-9-22-16-27(29)23(15-26(22)28(33)17-30(34)35)10-4-21-7-13-25(14-8-21)37-19(2)32/h5-8,11-16H,17,29H2,1-2H3. The number of Topliss-reactive ketones (excluding diaryl/α,β-unsaturated/α-hetero) is 1. The van der Waals surface area contributed by atoms with Crippen molar-refractivity contribution < 1.29 is 19.3 Å². The number of thioether (sulfide) groups is 2. The highest BCUT2D eigenvalue weighted by molar-refractivity contribution is 8.13. The van der Waals surface area contributed by atoms with E-state index in [9.17, 15) is 24.5 Å². The average Bonchev–Trinajstić information content (AvgIpc) is 2.82. The second-order valence-electron chi connectivity index (χ2n) is 7.64. The third-order valence-corrected chi connectivity index (χ3v) is 6.27. The topological polar surface area (TPSA) is 120 Å². The molecule has 7 nitrogen and oxygen atoms in total. The lowest BCUT2D eigenvalue weighted by atomic mass is 9.98. The van der Waals surface area contributed by atoms with Gasteiger partial charge in [0.25, 0.3) is 6.54 Å². The Balaban J connectivity index is 1.95. The molecule has 0 bridgehead atoms. The summed E-state index contributed by atoms with van der Waals surface area (Å²) in [6, 6.07) is 17.0. The van der Waals surface area contributed by atoms with Crippen molar-refractivity contribution in [2.45, 2.75) is 23.6 Å². The Morgan fingerprint density at radius 1 is 0.784 bits per heavy atom. The number of anilines is 1. The lowest BCUT2D eigenvalue weighted by molar-refractivity contribution is -0.465. The molecule has 0 saturated carbocycles. The van der Waals surface area contributed by atoms with Gasteiger partial charge in [-0.05, 0) is 60.7 Å². The van der Waals surface area contributed by atoms with E-state index in [0.717, 1.165) is 33.3 Å². The van der Waals surface area contributed by atoms with Crippen LogP contribution in [0.3, 0.4) is 0 Å². The Morgan fingerprint density at radius 3 is 1.68 bits per heavy atom. The number of benzene rings is 3. The van der Waals surface area contributed by atoms with Crippen LogP contribution in [0.1, 0.15) is 46.5 Å². The van der Waals surface area contributed by atoms with Crippen LogP contribution in [0.2, 0.25) is 0 Å². The number of nitrogen functional groups attached to an aromatic ring is 1. The first kappa shape index (κ1) is 27.3. The van der Waals surface area contributed by atoms with E-state index in [4.69, 9.17) is 5.73 Å². The summed E-state index contributed by atoms with van der Waals surface area (Å²) in [5, 5.41) is 10.9. The SMILES string of the molecule is CC(=O)Sc1ccc(C#Cc2cc(C(=O)C[N+](=O)[O-])c(C#Cc3ccc(SC(C)=O)cc3)cc2N)cc1. The fourth-order valence-corrected chi connectivity index (χ4v) is 4.29. The summed E-state index contributed by atoms with van der Waals surface area (Å²) in [5.74, 6) is 11.0. The van der Waals surface area contributed by atoms with Crippen molar-refractivity contribution in [2.75, 3.05) is 12.3 Å². The molecule has 3 aromatic carbocycles. The quantitative estimate of drug-likeness (QED) is 0.125. The van der Waals surface area contributed by atoms with E-state index in [-0.39, 0.29) is 27.0 Å². The normalized spacial score (nSPS) is 9.89. The molecule has 3 aromatic rings. The minimum atomic E-state index is -0.891. The molecule has 37 heavy (non-hydrogen) atoms. The Morgan fingerprint density at radius 2 is 1.24 bits per heavy atom. The Hall–Kier alpha value is -4.31. The second kappa shape index (κ2) is 12.6. The van der Waals surface area contributed by atoms with Crippen molar-refractivity contribution in [3.63, 3.8) is 0 Å². The van der Waals surface area contributed by atoms with Crippen molar-refractivity contribution in [1.29, 1.82) is 0 Å². The Labute approximate surface area is 222 Å². The second-order valence-corrected chi connectivity index (χ2v) is 10.1. The number of carbonyl (C=O) groups is 3. The van der Waals surface area contributed by atoms with Crippen molar-refractivity contribution in [1.82, 2.24) is 0 Å². The molecule has 0 fully saturated rings. The molecule has 0 amide bonds. The van der Waals surface area contributed by atoms with Crippen LogP contribution in [0.5, 0.6) is 0 Å². The van der Waals surface area contributed by atoms with E-state index < -0.39 is 17.3 Å². The highest BCUT2D eigenvalue weighted by Gasteiger charge is 2.18. The maximum atomic E-state index is 12.6. The predicted octanol–water partition coefficient (Wildman–Crippen LogP) is 4.81. The highest BCUT2D eigenvalue weighted by Crippen LogP contribution is 2.22. The predicted molar refractivity (Wildman–Crippen MR) is 145 cm³/mol. The highest BCUT2D eigenvalue weighted by atomic mass is 32.2. The van der Waals surface area contributed by atoms with Crippen LogP contribution >= 0.6 is 23.5 Å². The summed E-state index contributed by atoms with van der Waals surface area (Å²) in [5.41, 5.74) is 8.40. The molecule has 0 heterocycles. The molecular weight excluding hydrogens is 508 g/mol. The molecule has 0 aromatic heterocycles. The van der Waals surface area contributed by atoms with Crippen molar-refractivity contribution in [3.05, 3.63) is 98.6 Å². The summed E-state index contributed by atoms with van der Waals surface area (Å²) in [6.07, 6.45) is 0. The van der Waals surface area contributed by atoms with Gasteiger partial charge < -0.3 is 5.73 Å². The molecule has 3 rings (SSSR count). The van der Waals surface area contributed by atoms with E-state index in [1.807, 2.05) is 0 Å². The van der Waals surface area contributed by atoms with Gasteiger partial charge in [-0.2, -0.15) is 0 Å². The van der Waals surface area contributed by atoms with Gasteiger partial charge >= 0.3 is 0 Å². The minimum absolute atomic E-state index is 0.0225. The van der Waals surface area contributed by atoms with Gasteiger partial charge in [-0.25, -0.2) is 0 Å². The smallest absolute Gasteiger partial charge is 0.265 e. The largest absolute Gasteiger partial charge is 0.398 e. The molecule has 0 aliphatic rings. The molecule has 0 aliphatic heterocycles. The fraction of sp³-hybridized carbons (Fsp3) is 0.107. The molecule has 0 radical (unpaired) electrons. The van der Waals surface area contributed by atoms with Crippen molar-refractivity contribution in [2.24, 2.45) is 0 Å². The van der Waals surface area contributed by atoms with E-state index in [1.165, 1.54) is 26.0 Å². The molecule has 184 valence electrons. The molecular formula is C28H20N2O5S2. The van der Waals surface area contributed by atoms with Crippen LogP contribution in [0.4, 0.5) is 5.69 Å². The number of rotatable bonds is 5. The maximum Gasteiger partial charge on any atom is 0.265 e. The molecule has 0 unspecified atom stereocenters. The van der Waals surface area contributed by atoms with E-state index in [1.54, 1.807) is 48.5 Å². The van der Waals surface area contributed by atoms with Crippen LogP contribution in [0.25, 0.3) is 0 Å². The molecule has 9 heteroatoms. The van der Waals surface area contributed by atoms with Gasteiger partial charge in [-0.1, -0.05) is 47.2 Å². The van der Waals surface area contributed by atoms with Crippen LogP contribution < -0.4 is 5.73 Å². The average molecular weight is 529 g/mol. The van der Waals surface area contributed by atoms with Crippen molar-refractivity contribution >= 4 is 45.2 Å². The number of carbonyl (C=O) groups excluding carboxylic acids is 3. The lowest BCUT2D eigenvalue weighted by Crippen LogP contribution is -2.15. The molecule has 2 N–H and O–H groups in total. The number of hydrogen-bond acceptors (Lipinski definition) is 8. The first-order valence-corrected chi connectivity index (χ1v) is 12.4. The zero-order valence-electron chi connectivity index (χ0n) is 19.9. The van der Waals surface area contributed by atoms with E-state index in [0.29, 0.717) is 16.7 Å². The van der Waals surface area contributed by atoms with Crippen LogP contribution in [0.15, 0.2) is 70.5 Å². The van der Waals surface area contributed by atoms with Gasteiger partial charge in [0.1, 0.15) is 0 Å². The molecule has 0 spiro atoms. The van der Waals surface area contributed by atoms with Crippen LogP contribution in [-0.2, 0) is 9.59 Å². The zero-order valence-corrected chi connectivity index (χ0v) is 21.5. The monoisotopic (exact) mass is 528 g/mol. The van der Waals surface area contributed by atoms with Gasteiger partial charge in [0, 0.05) is 62.1 Å². The first-order chi connectivity index (χ1) is 17.6. The van der Waals surface area contributed by atoms with Crippen molar-refractivity contribution in [3.8, 4) is 23.7 Å². The van der Waals surface area contributed by atoms with E-state index in [2.05, 4.69) is 23.7 Å². The Kier molecular flexibility index (Phi) is 9.28. The third kappa shape index (κ3) is 8.39. The van der Waals surface area contributed by atoms with Gasteiger partial charge in [-0.3, -0.25) is 24.5 Å². The summed E-state index contributed by atoms with van der Waals surface area (Å²) in [7, 11) is 0. The van der Waals surface area contributed by atoms with Crippen LogP contribution in [0, 0.1) is 33.8 Å². The third-order valence-electron chi connectivity index (χ3n) is 4.68. The first-order valence-electron chi connectivity index (χ1n) is 10.8. The minimum Gasteiger partial charge on any atom is -0.398 e. The zero-order chi connectivity index (χ0) is 26.9. The number of hydrogen-bond donors (Lipinski definition) is 1. The molecule has 0 aliphatic carbocycles. The number of nitrogens with zero attached hydrogens (tertiary/aromatic N) is 1. The van der Waals surface area contributed by atoms with Gasteiger partial charge in [0.2, 0.25) is 5.78 Å². The summed E-state index contributed by atoms with van der Waals surface area (Å²) in [4.78, 5) is 47.0. The Bertz CT molecular complexity index is 1510. The lowest BCUT2D eigenvalue weighted by Gasteiger charge is -2.06. The van der Waals surface area contributed by atoms with Crippen LogP contribution in [-0.4, -0.2) is 27.5 Å².